The van der Waals surface area contributed by atoms with E-state index < -0.39 is 0 Å². The van der Waals surface area contributed by atoms with Gasteiger partial charge in [-0.15, -0.1) is 0 Å². The highest BCUT2D eigenvalue weighted by Gasteiger charge is 2.40. The molecule has 2 bridgehead atoms. The molecule has 0 aliphatic heterocycles. The van der Waals surface area contributed by atoms with E-state index in [1.165, 1.54) is 56.1 Å². The van der Waals surface area contributed by atoms with Crippen LogP contribution >= 0.6 is 0 Å². The van der Waals surface area contributed by atoms with Crippen molar-refractivity contribution in [2.24, 2.45) is 11.8 Å². The molecule has 0 radical (unpaired) electrons. The highest BCUT2D eigenvalue weighted by atomic mass is 16.5. The van der Waals surface area contributed by atoms with Crippen LogP contribution in [-0.2, 0) is 17.6 Å². The quantitative estimate of drug-likeness (QED) is 0.887. The maximum absolute atomic E-state index is 12.7. The van der Waals surface area contributed by atoms with Crippen LogP contribution in [0.15, 0.2) is 18.2 Å². The molecule has 3 aliphatic carbocycles. The molecule has 0 aromatic heterocycles. The van der Waals surface area contributed by atoms with Gasteiger partial charge in [-0.25, -0.2) is 0 Å². The highest BCUT2D eigenvalue weighted by molar-refractivity contribution is 5.81. The van der Waals surface area contributed by atoms with Gasteiger partial charge in [-0.3, -0.25) is 4.79 Å². The molecular formula is C21H29NO2. The van der Waals surface area contributed by atoms with Crippen molar-refractivity contribution in [2.45, 2.75) is 76.9 Å². The second kappa shape index (κ2) is 6.78. The second-order valence-corrected chi connectivity index (χ2v) is 7.94. The molecule has 0 saturated heterocycles. The number of hydrogen-bond donors (Lipinski definition) is 1. The average Bonchev–Trinajstić information content (AvgIpc) is 3.22. The molecule has 0 spiro atoms. The van der Waals surface area contributed by atoms with Crippen molar-refractivity contribution < 1.29 is 9.53 Å². The van der Waals surface area contributed by atoms with Crippen LogP contribution in [0.2, 0.25) is 0 Å². The molecule has 1 N–H and O–H groups in total. The first kappa shape index (κ1) is 16.0. The van der Waals surface area contributed by atoms with Gasteiger partial charge < -0.3 is 10.1 Å². The molecule has 3 aliphatic rings. The van der Waals surface area contributed by atoms with E-state index in [2.05, 4.69) is 17.4 Å². The summed E-state index contributed by atoms with van der Waals surface area (Å²) in [5, 5.41) is 3.28. The van der Waals surface area contributed by atoms with Gasteiger partial charge in [0.1, 0.15) is 5.75 Å². The normalized spacial score (nSPS) is 29.1. The van der Waals surface area contributed by atoms with Crippen LogP contribution in [-0.4, -0.2) is 18.1 Å². The van der Waals surface area contributed by atoms with Gasteiger partial charge in [-0.1, -0.05) is 19.4 Å². The van der Waals surface area contributed by atoms with E-state index in [0.717, 1.165) is 18.1 Å². The number of nitrogens with one attached hydrogen (secondary N) is 1. The summed E-state index contributed by atoms with van der Waals surface area (Å²) < 4.78 is 6.07. The third-order valence-corrected chi connectivity index (χ3v) is 6.33. The van der Waals surface area contributed by atoms with Crippen molar-refractivity contribution in [1.29, 1.82) is 0 Å². The van der Waals surface area contributed by atoms with Gasteiger partial charge in [0.05, 0.1) is 0 Å². The Labute approximate surface area is 145 Å². The third kappa shape index (κ3) is 3.18. The fourth-order valence-electron chi connectivity index (χ4n) is 4.97. The summed E-state index contributed by atoms with van der Waals surface area (Å²) in [5.41, 5.74) is 2.86. The Morgan fingerprint density at radius 3 is 2.75 bits per heavy atom. The van der Waals surface area contributed by atoms with E-state index in [1.54, 1.807) is 0 Å². The van der Waals surface area contributed by atoms with Crippen LogP contribution in [0.25, 0.3) is 0 Å². The van der Waals surface area contributed by atoms with E-state index >= 15 is 0 Å². The first-order chi connectivity index (χ1) is 11.7. The SMILES string of the molecule is CC[C@H](Oc1ccc2c(c1)CCCC2)C(=O)N[C@H]1C[C@H]2CC[C@H]1C2. The van der Waals surface area contributed by atoms with Crippen LogP contribution in [0, 0.1) is 11.8 Å². The Balaban J connectivity index is 1.39. The minimum Gasteiger partial charge on any atom is -0.481 e. The van der Waals surface area contributed by atoms with Gasteiger partial charge in [0, 0.05) is 6.04 Å². The van der Waals surface area contributed by atoms with E-state index in [4.69, 9.17) is 4.74 Å². The first-order valence-corrected chi connectivity index (χ1v) is 9.81. The summed E-state index contributed by atoms with van der Waals surface area (Å²) in [6, 6.07) is 6.77. The number of benzene rings is 1. The predicted molar refractivity (Wildman–Crippen MR) is 95.2 cm³/mol. The van der Waals surface area contributed by atoms with Gasteiger partial charge in [-0.05, 0) is 86.5 Å². The highest BCUT2D eigenvalue weighted by Crippen LogP contribution is 2.44. The zero-order valence-electron chi connectivity index (χ0n) is 14.7. The molecule has 1 amide bonds. The summed E-state index contributed by atoms with van der Waals surface area (Å²) >= 11 is 0. The fraction of sp³-hybridized carbons (Fsp3) is 0.667. The van der Waals surface area contributed by atoms with Gasteiger partial charge in [0.15, 0.2) is 6.10 Å². The topological polar surface area (TPSA) is 38.3 Å². The van der Waals surface area contributed by atoms with E-state index in [1.807, 2.05) is 13.0 Å². The maximum Gasteiger partial charge on any atom is 0.261 e. The van der Waals surface area contributed by atoms with Crippen LogP contribution in [0.5, 0.6) is 5.75 Å². The minimum atomic E-state index is -0.370. The smallest absolute Gasteiger partial charge is 0.261 e. The monoisotopic (exact) mass is 327 g/mol. The van der Waals surface area contributed by atoms with Crippen LogP contribution in [0.3, 0.4) is 0 Å². The average molecular weight is 327 g/mol. The molecule has 0 unspecified atom stereocenters. The van der Waals surface area contributed by atoms with Crippen molar-refractivity contribution in [3.05, 3.63) is 29.3 Å². The van der Waals surface area contributed by atoms with Gasteiger partial charge in [-0.2, -0.15) is 0 Å². The van der Waals surface area contributed by atoms with E-state index in [9.17, 15) is 4.79 Å². The van der Waals surface area contributed by atoms with Crippen LogP contribution in [0.1, 0.15) is 63.0 Å². The number of ether oxygens (including phenoxy) is 1. The summed E-state index contributed by atoms with van der Waals surface area (Å²) in [5.74, 6) is 2.49. The molecule has 24 heavy (non-hydrogen) atoms. The molecule has 4 atom stereocenters. The number of aryl methyl sites for hydroxylation is 2. The van der Waals surface area contributed by atoms with Crippen molar-refractivity contribution in [3.8, 4) is 5.75 Å². The molecule has 4 rings (SSSR count). The van der Waals surface area contributed by atoms with Crippen LogP contribution in [0.4, 0.5) is 0 Å². The summed E-state index contributed by atoms with van der Waals surface area (Å²) in [6.45, 7) is 2.03. The van der Waals surface area contributed by atoms with Gasteiger partial charge in [0.25, 0.3) is 5.91 Å². The molecule has 1 aromatic rings. The molecule has 130 valence electrons. The van der Waals surface area contributed by atoms with Crippen molar-refractivity contribution >= 4 is 5.91 Å². The molecule has 2 saturated carbocycles. The van der Waals surface area contributed by atoms with Crippen molar-refractivity contribution in [2.75, 3.05) is 0 Å². The molecule has 3 heteroatoms. The summed E-state index contributed by atoms with van der Waals surface area (Å²) in [6.07, 6.45) is 10.3. The lowest BCUT2D eigenvalue weighted by Crippen LogP contribution is -2.45. The number of carbonyl (C=O) groups is 1. The number of amides is 1. The Hall–Kier alpha value is -1.51. The Kier molecular flexibility index (Phi) is 4.51. The summed E-state index contributed by atoms with van der Waals surface area (Å²) in [4.78, 5) is 12.7. The zero-order chi connectivity index (χ0) is 16.5. The fourth-order valence-corrected chi connectivity index (χ4v) is 4.97. The minimum absolute atomic E-state index is 0.0766. The third-order valence-electron chi connectivity index (χ3n) is 6.33. The lowest BCUT2D eigenvalue weighted by atomic mass is 9.92. The van der Waals surface area contributed by atoms with Crippen LogP contribution < -0.4 is 10.1 Å². The van der Waals surface area contributed by atoms with E-state index in [-0.39, 0.29) is 12.0 Å². The standard InChI is InChI=1S/C21H29NO2/c1-2-20(21(23)22-19-12-14-7-8-17(19)11-14)24-18-10-9-15-5-3-4-6-16(15)13-18/h9-10,13-14,17,19-20H,2-8,11-12H2,1H3,(H,22,23)/t14-,17-,19-,20-/m0/s1. The first-order valence-electron chi connectivity index (χ1n) is 9.81. The Morgan fingerprint density at radius 2 is 2.04 bits per heavy atom. The lowest BCUT2D eigenvalue weighted by Gasteiger charge is -2.26. The Bertz CT molecular complexity index is 612. The van der Waals surface area contributed by atoms with Gasteiger partial charge in [0.2, 0.25) is 0 Å². The number of hydrogen-bond acceptors (Lipinski definition) is 2. The molecular weight excluding hydrogens is 298 g/mol. The van der Waals surface area contributed by atoms with Crippen molar-refractivity contribution in [3.63, 3.8) is 0 Å². The molecule has 2 fully saturated rings. The number of fused-ring (bicyclic) bond motifs is 3. The zero-order valence-corrected chi connectivity index (χ0v) is 14.7. The molecule has 0 heterocycles. The summed E-state index contributed by atoms with van der Waals surface area (Å²) in [7, 11) is 0. The van der Waals surface area contributed by atoms with Crippen molar-refractivity contribution in [1.82, 2.24) is 5.32 Å². The second-order valence-electron chi connectivity index (χ2n) is 7.94. The van der Waals surface area contributed by atoms with Gasteiger partial charge >= 0.3 is 0 Å². The van der Waals surface area contributed by atoms with E-state index in [0.29, 0.717) is 18.4 Å². The number of carbonyl (C=O) groups excluding carboxylic acids is 1. The Morgan fingerprint density at radius 1 is 1.21 bits per heavy atom. The predicted octanol–water partition coefficient (Wildman–Crippen LogP) is 4.03. The molecule has 3 nitrogen and oxygen atoms in total. The lowest BCUT2D eigenvalue weighted by molar-refractivity contribution is -0.129. The number of rotatable bonds is 5. The maximum atomic E-state index is 12.7. The largest absolute Gasteiger partial charge is 0.481 e. The molecule has 1 aromatic carbocycles.